The van der Waals surface area contributed by atoms with E-state index in [9.17, 15) is 5.26 Å². The molecule has 4 heteroatoms. The molecule has 4 nitrogen and oxygen atoms in total. The molecule has 0 bridgehead atoms. The molecule has 0 N–H and O–H groups in total. The fraction of sp³-hybridized carbons (Fsp3) is 0.136. The topological polar surface area (TPSA) is 44.7 Å². The van der Waals surface area contributed by atoms with Crippen LogP contribution >= 0.6 is 0 Å². The van der Waals surface area contributed by atoms with Crippen LogP contribution in [-0.2, 0) is 7.05 Å². The highest BCUT2D eigenvalue weighted by Gasteiger charge is 2.25. The molecule has 4 aromatic rings. The smallest absolute Gasteiger partial charge is 0.334 e. The van der Waals surface area contributed by atoms with Crippen LogP contribution in [0.25, 0.3) is 27.8 Å². The molecule has 126 valence electrons. The van der Waals surface area contributed by atoms with Crippen LogP contribution in [0.3, 0.4) is 0 Å². The summed E-state index contributed by atoms with van der Waals surface area (Å²) in [5, 5.41) is 10.7. The molecule has 0 aliphatic carbocycles. The minimum Gasteiger partial charge on any atom is -0.412 e. The molecule has 0 atom stereocenters. The molecule has 2 aromatic heterocycles. The highest BCUT2D eigenvalue weighted by atomic mass is 16.3. The minimum atomic E-state index is 0.627. The Bertz CT molecular complexity index is 1180. The molecule has 2 aromatic carbocycles. The lowest BCUT2D eigenvalue weighted by molar-refractivity contribution is -0.664. The second-order valence-corrected chi connectivity index (χ2v) is 6.50. The van der Waals surface area contributed by atoms with Crippen LogP contribution in [0.15, 0.2) is 65.6 Å². The summed E-state index contributed by atoms with van der Waals surface area (Å²) in [6, 6.07) is 18.7. The summed E-state index contributed by atoms with van der Waals surface area (Å²) < 4.78 is 9.48. The molecular weight excluding hydrogens is 322 g/mol. The van der Waals surface area contributed by atoms with E-state index in [-0.39, 0.29) is 0 Å². The van der Waals surface area contributed by atoms with Crippen molar-refractivity contribution in [2.75, 3.05) is 0 Å². The number of fused-ring (bicyclic) bond motifs is 1. The van der Waals surface area contributed by atoms with Crippen molar-refractivity contribution in [3.05, 3.63) is 78.0 Å². The number of nitrogens with zero attached hydrogens (tertiary/aromatic N) is 3. The van der Waals surface area contributed by atoms with Gasteiger partial charge < -0.3 is 4.42 Å². The standard InChI is InChI=1S/C22H19N3O/c1-15-8-9-18-6-4-5-7-20(18)25(15)21-11-17(12-23)10-19(16(21)2)22-13-26-14-24(22)3/h4-11,13-14H,1-3H3/q+2. The number of aromatic nitrogens is 2. The van der Waals surface area contributed by atoms with Crippen molar-refractivity contribution in [2.45, 2.75) is 13.8 Å². The first-order chi connectivity index (χ1) is 12.6. The van der Waals surface area contributed by atoms with Gasteiger partial charge in [0.05, 0.1) is 17.2 Å². The third-order valence-corrected chi connectivity index (χ3v) is 4.84. The van der Waals surface area contributed by atoms with E-state index in [1.807, 2.05) is 35.9 Å². The van der Waals surface area contributed by atoms with E-state index in [0.29, 0.717) is 5.56 Å². The number of hydrogen-bond acceptors (Lipinski definition) is 2. The highest BCUT2D eigenvalue weighted by molar-refractivity contribution is 5.76. The third kappa shape index (κ3) is 2.46. The molecule has 0 fully saturated rings. The van der Waals surface area contributed by atoms with Crippen molar-refractivity contribution >= 4 is 10.9 Å². The Balaban J connectivity index is 2.10. The van der Waals surface area contributed by atoms with Crippen molar-refractivity contribution in [1.82, 2.24) is 0 Å². The lowest BCUT2D eigenvalue weighted by Crippen LogP contribution is -2.36. The molecule has 4 rings (SSSR count). The van der Waals surface area contributed by atoms with Gasteiger partial charge in [-0.3, -0.25) is 0 Å². The van der Waals surface area contributed by atoms with Crippen molar-refractivity contribution in [1.29, 1.82) is 5.26 Å². The molecular formula is C22H19N3O+2. The fourth-order valence-electron chi connectivity index (χ4n) is 3.47. The Morgan fingerprint density at radius 3 is 2.58 bits per heavy atom. The normalized spacial score (nSPS) is 10.8. The zero-order chi connectivity index (χ0) is 18.3. The van der Waals surface area contributed by atoms with Crippen LogP contribution in [-0.4, -0.2) is 0 Å². The monoisotopic (exact) mass is 341 g/mol. The lowest BCUT2D eigenvalue weighted by atomic mass is 9.99. The maximum Gasteiger partial charge on any atom is 0.334 e. The maximum atomic E-state index is 9.58. The van der Waals surface area contributed by atoms with Gasteiger partial charge >= 0.3 is 6.39 Å². The third-order valence-electron chi connectivity index (χ3n) is 4.84. The Labute approximate surface area is 152 Å². The largest absolute Gasteiger partial charge is 0.412 e. The average molecular weight is 341 g/mol. The van der Waals surface area contributed by atoms with Crippen LogP contribution in [0.4, 0.5) is 0 Å². The number of nitriles is 1. The quantitative estimate of drug-likeness (QED) is 0.522. The van der Waals surface area contributed by atoms with Crippen molar-refractivity contribution in [3.8, 4) is 23.0 Å². The number of hydrogen-bond donors (Lipinski definition) is 0. The molecule has 0 spiro atoms. The van der Waals surface area contributed by atoms with Gasteiger partial charge in [-0.25, -0.2) is 0 Å². The van der Waals surface area contributed by atoms with E-state index in [2.05, 4.69) is 48.7 Å². The van der Waals surface area contributed by atoms with Gasteiger partial charge in [-0.05, 0) is 25.1 Å². The second kappa shape index (κ2) is 6.12. The molecule has 0 saturated heterocycles. The van der Waals surface area contributed by atoms with Gasteiger partial charge in [-0.2, -0.15) is 14.4 Å². The number of rotatable bonds is 2. The molecule has 2 heterocycles. The molecule has 0 saturated carbocycles. The number of oxazole rings is 1. The summed E-state index contributed by atoms with van der Waals surface area (Å²) in [7, 11) is 1.94. The first kappa shape index (κ1) is 16.0. The summed E-state index contributed by atoms with van der Waals surface area (Å²) in [6.45, 7) is 4.18. The van der Waals surface area contributed by atoms with E-state index in [1.165, 1.54) is 0 Å². The zero-order valence-electron chi connectivity index (χ0n) is 15.0. The molecule has 0 aliphatic heterocycles. The van der Waals surface area contributed by atoms with Gasteiger partial charge in [-0.15, -0.1) is 0 Å². The van der Waals surface area contributed by atoms with Crippen LogP contribution in [0.2, 0.25) is 0 Å². The predicted molar refractivity (Wildman–Crippen MR) is 98.5 cm³/mol. The minimum absolute atomic E-state index is 0.627. The van der Waals surface area contributed by atoms with Crippen molar-refractivity contribution in [2.24, 2.45) is 7.05 Å². The predicted octanol–water partition coefficient (Wildman–Crippen LogP) is 3.69. The molecule has 26 heavy (non-hydrogen) atoms. The second-order valence-electron chi connectivity index (χ2n) is 6.50. The van der Waals surface area contributed by atoms with Gasteiger partial charge in [0.2, 0.25) is 11.2 Å². The van der Waals surface area contributed by atoms with Crippen molar-refractivity contribution in [3.63, 3.8) is 0 Å². The summed E-state index contributed by atoms with van der Waals surface area (Å²) in [5.41, 5.74) is 6.91. The highest BCUT2D eigenvalue weighted by Crippen LogP contribution is 2.27. The first-order valence-electron chi connectivity index (χ1n) is 8.48. The zero-order valence-corrected chi connectivity index (χ0v) is 15.0. The summed E-state index contributed by atoms with van der Waals surface area (Å²) >= 11 is 0. The van der Waals surface area contributed by atoms with Crippen molar-refractivity contribution < 1.29 is 13.6 Å². The Hall–Kier alpha value is -3.45. The van der Waals surface area contributed by atoms with E-state index >= 15 is 0 Å². The lowest BCUT2D eigenvalue weighted by Gasteiger charge is -2.09. The van der Waals surface area contributed by atoms with Gasteiger partial charge in [0.15, 0.2) is 12.0 Å². The summed E-state index contributed by atoms with van der Waals surface area (Å²) in [5.74, 6) is 0. The molecule has 0 unspecified atom stereocenters. The first-order valence-corrected chi connectivity index (χ1v) is 8.48. The van der Waals surface area contributed by atoms with Crippen LogP contribution in [0.1, 0.15) is 16.8 Å². The Morgan fingerprint density at radius 2 is 1.85 bits per heavy atom. The average Bonchev–Trinajstić information content (AvgIpc) is 3.08. The number of para-hydroxylation sites is 1. The molecule has 0 radical (unpaired) electrons. The fourth-order valence-corrected chi connectivity index (χ4v) is 3.47. The number of benzene rings is 2. The molecule has 0 amide bonds. The van der Waals surface area contributed by atoms with E-state index in [1.54, 1.807) is 12.7 Å². The van der Waals surface area contributed by atoms with Crippen LogP contribution < -0.4 is 9.13 Å². The number of pyridine rings is 1. The van der Waals surface area contributed by atoms with Gasteiger partial charge in [0.25, 0.3) is 5.69 Å². The maximum absolute atomic E-state index is 9.58. The van der Waals surface area contributed by atoms with Gasteiger partial charge in [0, 0.05) is 36.1 Å². The molecule has 0 aliphatic rings. The summed E-state index contributed by atoms with van der Waals surface area (Å²) in [4.78, 5) is 0. The van der Waals surface area contributed by atoms with E-state index in [0.717, 1.165) is 39.1 Å². The SMILES string of the molecule is Cc1c(-c2coc[n+]2C)cc(C#N)cc1-[n+]1c(C)ccc2ccccc21. The van der Waals surface area contributed by atoms with E-state index in [4.69, 9.17) is 4.42 Å². The summed E-state index contributed by atoms with van der Waals surface area (Å²) in [6.07, 6.45) is 3.37. The van der Waals surface area contributed by atoms with Crippen LogP contribution in [0.5, 0.6) is 0 Å². The number of aryl methyl sites for hydroxylation is 2. The van der Waals surface area contributed by atoms with Crippen LogP contribution in [0, 0.1) is 25.2 Å². The van der Waals surface area contributed by atoms with E-state index < -0.39 is 0 Å². The Kier molecular flexibility index (Phi) is 3.78. The van der Waals surface area contributed by atoms with Gasteiger partial charge in [0.1, 0.15) is 7.05 Å². The Morgan fingerprint density at radius 1 is 1.04 bits per heavy atom. The van der Waals surface area contributed by atoms with Gasteiger partial charge in [-0.1, -0.05) is 12.1 Å².